The number of hydrogen-bond acceptors (Lipinski definition) is 2. The molecule has 0 amide bonds. The van der Waals surface area contributed by atoms with Gasteiger partial charge in [0, 0.05) is 0 Å². The third kappa shape index (κ3) is 1.51. The van der Waals surface area contributed by atoms with Gasteiger partial charge in [-0.1, -0.05) is 24.3 Å². The zero-order chi connectivity index (χ0) is 10.1. The molecular formula is C11H12O3. The van der Waals surface area contributed by atoms with Crippen LogP contribution < -0.4 is 0 Å². The molecule has 2 unspecified atom stereocenters. The van der Waals surface area contributed by atoms with E-state index in [1.165, 1.54) is 0 Å². The quantitative estimate of drug-likeness (QED) is 0.760. The molecule has 0 spiro atoms. The first-order valence-electron chi connectivity index (χ1n) is 4.65. The molecule has 0 aliphatic heterocycles. The van der Waals surface area contributed by atoms with E-state index in [1.807, 2.05) is 24.3 Å². The van der Waals surface area contributed by atoms with E-state index in [1.54, 1.807) is 0 Å². The summed E-state index contributed by atoms with van der Waals surface area (Å²) < 4.78 is 0. The van der Waals surface area contributed by atoms with E-state index in [9.17, 15) is 4.79 Å². The van der Waals surface area contributed by atoms with Crippen LogP contribution in [-0.4, -0.2) is 16.2 Å². The van der Waals surface area contributed by atoms with Gasteiger partial charge in [0.1, 0.15) is 0 Å². The minimum absolute atomic E-state index is 0.0149. The van der Waals surface area contributed by atoms with Crippen LogP contribution in [0.1, 0.15) is 23.5 Å². The monoisotopic (exact) mass is 192 g/mol. The fourth-order valence-corrected chi connectivity index (χ4v) is 1.85. The molecule has 3 heteroatoms. The number of aliphatic hydroxyl groups is 1. The molecular weight excluding hydrogens is 180 g/mol. The Labute approximate surface area is 82.0 Å². The summed E-state index contributed by atoms with van der Waals surface area (Å²) >= 11 is 0. The van der Waals surface area contributed by atoms with Crippen LogP contribution in [0.25, 0.3) is 0 Å². The molecule has 1 aromatic carbocycles. The van der Waals surface area contributed by atoms with Gasteiger partial charge >= 0.3 is 5.97 Å². The Hall–Kier alpha value is -1.35. The molecule has 0 radical (unpaired) electrons. The van der Waals surface area contributed by atoms with E-state index in [4.69, 9.17) is 10.2 Å². The van der Waals surface area contributed by atoms with Crippen molar-refractivity contribution in [3.8, 4) is 0 Å². The second kappa shape index (κ2) is 3.42. The minimum atomic E-state index is -0.734. The first kappa shape index (κ1) is 9.21. The largest absolute Gasteiger partial charge is 0.481 e. The molecule has 1 fully saturated rings. The summed E-state index contributed by atoms with van der Waals surface area (Å²) in [5.41, 5.74) is 1.84. The van der Waals surface area contributed by atoms with Gasteiger partial charge in [-0.25, -0.2) is 0 Å². The van der Waals surface area contributed by atoms with Gasteiger partial charge in [-0.3, -0.25) is 4.79 Å². The van der Waals surface area contributed by atoms with Crippen LogP contribution in [0.15, 0.2) is 24.3 Å². The average molecular weight is 192 g/mol. The Morgan fingerprint density at radius 1 is 1.43 bits per heavy atom. The second-order valence-corrected chi connectivity index (χ2v) is 3.64. The summed E-state index contributed by atoms with van der Waals surface area (Å²) in [5.74, 6) is -0.874. The summed E-state index contributed by atoms with van der Waals surface area (Å²) in [4.78, 5) is 10.7. The average Bonchev–Trinajstić information content (AvgIpc) is 2.97. The van der Waals surface area contributed by atoms with E-state index < -0.39 is 5.97 Å². The van der Waals surface area contributed by atoms with Crippen molar-refractivity contribution in [2.75, 3.05) is 0 Å². The van der Waals surface area contributed by atoms with Crippen molar-refractivity contribution in [1.29, 1.82) is 0 Å². The van der Waals surface area contributed by atoms with Crippen LogP contribution in [0.3, 0.4) is 0 Å². The van der Waals surface area contributed by atoms with Gasteiger partial charge in [0.2, 0.25) is 0 Å². The van der Waals surface area contributed by atoms with Gasteiger partial charge in [0.25, 0.3) is 0 Å². The van der Waals surface area contributed by atoms with Gasteiger partial charge in [-0.15, -0.1) is 0 Å². The molecule has 0 heterocycles. The fourth-order valence-electron chi connectivity index (χ4n) is 1.85. The maximum Gasteiger partial charge on any atom is 0.307 e. The topological polar surface area (TPSA) is 57.5 Å². The Bertz CT molecular complexity index is 359. The lowest BCUT2D eigenvalue weighted by atomic mass is 10.0. The van der Waals surface area contributed by atoms with E-state index in [0.717, 1.165) is 11.1 Å². The maximum atomic E-state index is 10.7. The molecule has 0 bridgehead atoms. The molecule has 1 saturated carbocycles. The predicted molar refractivity (Wildman–Crippen MR) is 50.8 cm³/mol. The summed E-state index contributed by atoms with van der Waals surface area (Å²) in [6.07, 6.45) is 0.701. The van der Waals surface area contributed by atoms with Crippen LogP contribution >= 0.6 is 0 Å². The van der Waals surface area contributed by atoms with Gasteiger partial charge in [-0.05, 0) is 23.5 Å². The Balaban J connectivity index is 2.22. The smallest absolute Gasteiger partial charge is 0.307 e. The molecule has 2 atom stereocenters. The lowest BCUT2D eigenvalue weighted by Gasteiger charge is -2.04. The number of carboxylic acids is 1. The molecule has 14 heavy (non-hydrogen) atoms. The van der Waals surface area contributed by atoms with Crippen molar-refractivity contribution in [2.24, 2.45) is 5.92 Å². The normalized spacial score (nSPS) is 24.6. The van der Waals surface area contributed by atoms with Crippen LogP contribution in [0, 0.1) is 5.92 Å². The molecule has 0 aromatic heterocycles. The fraction of sp³-hybridized carbons (Fsp3) is 0.364. The second-order valence-electron chi connectivity index (χ2n) is 3.64. The highest BCUT2D eigenvalue weighted by Gasteiger charge is 2.44. The van der Waals surface area contributed by atoms with Crippen LogP contribution in [0.4, 0.5) is 0 Å². The standard InChI is InChI=1S/C11H12O3/c12-6-7-3-1-2-4-8(7)9-5-10(9)11(13)14/h1-4,9-10,12H,5-6H2,(H,13,14). The third-order valence-electron chi connectivity index (χ3n) is 2.73. The van der Waals surface area contributed by atoms with Crippen molar-refractivity contribution in [2.45, 2.75) is 18.9 Å². The molecule has 1 aromatic rings. The van der Waals surface area contributed by atoms with Crippen molar-refractivity contribution in [3.63, 3.8) is 0 Å². The highest BCUT2D eigenvalue weighted by Crippen LogP contribution is 2.48. The first-order chi connectivity index (χ1) is 6.74. The van der Waals surface area contributed by atoms with Gasteiger partial charge in [0.05, 0.1) is 12.5 Å². The Morgan fingerprint density at radius 3 is 2.71 bits per heavy atom. The lowest BCUT2D eigenvalue weighted by Crippen LogP contribution is -2.00. The number of aliphatic hydroxyl groups excluding tert-OH is 1. The molecule has 2 N–H and O–H groups in total. The van der Waals surface area contributed by atoms with Crippen molar-refractivity contribution < 1.29 is 15.0 Å². The van der Waals surface area contributed by atoms with E-state index >= 15 is 0 Å². The highest BCUT2D eigenvalue weighted by atomic mass is 16.4. The van der Waals surface area contributed by atoms with E-state index in [2.05, 4.69) is 0 Å². The molecule has 3 nitrogen and oxygen atoms in total. The van der Waals surface area contributed by atoms with E-state index in [-0.39, 0.29) is 18.4 Å². The SMILES string of the molecule is O=C(O)C1CC1c1ccccc1CO. The molecule has 2 rings (SSSR count). The number of benzene rings is 1. The summed E-state index contributed by atoms with van der Waals surface area (Å²) in [6.45, 7) is -0.0149. The van der Waals surface area contributed by atoms with Crippen LogP contribution in [0.2, 0.25) is 0 Å². The number of rotatable bonds is 3. The van der Waals surface area contributed by atoms with E-state index in [0.29, 0.717) is 6.42 Å². The lowest BCUT2D eigenvalue weighted by molar-refractivity contribution is -0.138. The number of hydrogen-bond donors (Lipinski definition) is 2. The van der Waals surface area contributed by atoms with Crippen LogP contribution in [0.5, 0.6) is 0 Å². The maximum absolute atomic E-state index is 10.7. The zero-order valence-corrected chi connectivity index (χ0v) is 7.68. The molecule has 74 valence electrons. The number of carbonyl (C=O) groups is 1. The Morgan fingerprint density at radius 2 is 2.14 bits per heavy atom. The van der Waals surface area contributed by atoms with Gasteiger partial charge in [0.15, 0.2) is 0 Å². The van der Waals surface area contributed by atoms with Crippen molar-refractivity contribution in [1.82, 2.24) is 0 Å². The molecule has 1 aliphatic rings. The van der Waals surface area contributed by atoms with Crippen LogP contribution in [-0.2, 0) is 11.4 Å². The van der Waals surface area contributed by atoms with Crippen molar-refractivity contribution in [3.05, 3.63) is 35.4 Å². The van der Waals surface area contributed by atoms with Crippen molar-refractivity contribution >= 4 is 5.97 Å². The summed E-state index contributed by atoms with van der Waals surface area (Å²) in [6, 6.07) is 7.48. The van der Waals surface area contributed by atoms with Gasteiger partial charge < -0.3 is 10.2 Å². The number of aliphatic carboxylic acids is 1. The van der Waals surface area contributed by atoms with Gasteiger partial charge in [-0.2, -0.15) is 0 Å². The first-order valence-corrected chi connectivity index (χ1v) is 4.65. The number of carboxylic acid groups (broad SMARTS) is 1. The third-order valence-corrected chi connectivity index (χ3v) is 2.73. The molecule has 0 saturated heterocycles. The highest BCUT2D eigenvalue weighted by molar-refractivity contribution is 5.75. The summed E-state index contributed by atoms with van der Waals surface area (Å²) in [5, 5.41) is 17.9. The zero-order valence-electron chi connectivity index (χ0n) is 7.68. The predicted octanol–water partition coefficient (Wildman–Crippen LogP) is 1.37. The summed E-state index contributed by atoms with van der Waals surface area (Å²) in [7, 11) is 0. The Kier molecular flexibility index (Phi) is 2.25. The molecule has 1 aliphatic carbocycles. The minimum Gasteiger partial charge on any atom is -0.481 e.